The maximum absolute atomic E-state index is 12.6. The second-order valence-electron chi connectivity index (χ2n) is 6.01. The smallest absolute Gasteiger partial charge is 0.292 e. The van der Waals surface area contributed by atoms with Crippen LogP contribution in [0.25, 0.3) is 0 Å². The van der Waals surface area contributed by atoms with E-state index in [1.54, 1.807) is 0 Å². The monoisotopic (exact) mass is 299 g/mol. The fourth-order valence-electron chi connectivity index (χ4n) is 2.76. The molecule has 0 N–H and O–H groups in total. The number of rotatable bonds is 3. The van der Waals surface area contributed by atoms with Gasteiger partial charge in [-0.1, -0.05) is 18.6 Å². The molecule has 2 nitrogen and oxygen atoms in total. The Morgan fingerprint density at radius 1 is 1.00 bits per heavy atom. The van der Waals surface area contributed by atoms with Crippen molar-refractivity contribution in [1.82, 2.24) is 4.90 Å². The topological polar surface area (TPSA) is 20.3 Å². The highest BCUT2D eigenvalue weighted by molar-refractivity contribution is 6.02. The highest BCUT2D eigenvalue weighted by Crippen LogP contribution is 2.30. The fraction of sp³-hybridized carbons (Fsp3) is 0.562. The number of nitrogens with zero attached hydrogens (tertiary/aromatic N) is 1. The average molecular weight is 299 g/mol. The Balaban J connectivity index is 2.18. The molecule has 2 rings (SSSR count). The number of Topliss-reactive ketones (excluding diaryl/α,β-unsaturated/α-hetero) is 1. The molecule has 0 atom stereocenters. The van der Waals surface area contributed by atoms with Crippen molar-refractivity contribution in [1.29, 1.82) is 0 Å². The minimum absolute atomic E-state index is 0.127. The van der Waals surface area contributed by atoms with Crippen LogP contribution in [0.1, 0.15) is 49.0 Å². The minimum Gasteiger partial charge on any atom is -0.292 e. The zero-order valence-electron chi connectivity index (χ0n) is 12.3. The van der Waals surface area contributed by atoms with Gasteiger partial charge >= 0.3 is 6.18 Å². The van der Waals surface area contributed by atoms with Gasteiger partial charge in [-0.3, -0.25) is 9.69 Å². The maximum atomic E-state index is 12.6. The molecule has 116 valence electrons. The van der Waals surface area contributed by atoms with Gasteiger partial charge in [-0.15, -0.1) is 0 Å². The van der Waals surface area contributed by atoms with E-state index >= 15 is 0 Å². The number of halogens is 3. The summed E-state index contributed by atoms with van der Waals surface area (Å²) < 4.78 is 37.7. The molecule has 1 heterocycles. The number of alkyl halides is 3. The van der Waals surface area contributed by atoms with Gasteiger partial charge in [0, 0.05) is 5.56 Å². The lowest BCUT2D eigenvalue weighted by Gasteiger charge is -2.39. The number of hydrogen-bond donors (Lipinski definition) is 0. The largest absolute Gasteiger partial charge is 0.416 e. The van der Waals surface area contributed by atoms with Crippen molar-refractivity contribution in [2.75, 3.05) is 13.1 Å². The van der Waals surface area contributed by atoms with Crippen LogP contribution in [-0.2, 0) is 6.18 Å². The van der Waals surface area contributed by atoms with E-state index in [4.69, 9.17) is 0 Å². The molecule has 0 saturated carbocycles. The Hall–Kier alpha value is -1.36. The molecule has 1 aliphatic rings. The molecule has 0 aromatic heterocycles. The standard InChI is InChI=1S/C16H20F3NO/c1-15(2,20-10-4-3-5-11-20)14(21)12-6-8-13(9-7-12)16(17,18)19/h6-9H,3-5,10-11H2,1-2H3. The van der Waals surface area contributed by atoms with Gasteiger partial charge in [0.05, 0.1) is 11.1 Å². The lowest BCUT2D eigenvalue weighted by atomic mass is 9.89. The summed E-state index contributed by atoms with van der Waals surface area (Å²) in [6.45, 7) is 5.41. The van der Waals surface area contributed by atoms with Gasteiger partial charge in [-0.25, -0.2) is 0 Å². The molecular formula is C16H20F3NO. The molecule has 0 amide bonds. The van der Waals surface area contributed by atoms with Crippen LogP contribution in [0.15, 0.2) is 24.3 Å². The molecule has 1 aliphatic heterocycles. The summed E-state index contributed by atoms with van der Waals surface area (Å²) in [4.78, 5) is 14.7. The Kier molecular flexibility index (Phi) is 4.42. The van der Waals surface area contributed by atoms with Crippen molar-refractivity contribution in [3.63, 3.8) is 0 Å². The summed E-state index contributed by atoms with van der Waals surface area (Å²) in [6.07, 6.45) is -1.08. The average Bonchev–Trinajstić information content (AvgIpc) is 2.46. The van der Waals surface area contributed by atoms with Crippen molar-refractivity contribution in [2.45, 2.75) is 44.8 Å². The van der Waals surface area contributed by atoms with Gasteiger partial charge in [-0.2, -0.15) is 13.2 Å². The van der Waals surface area contributed by atoms with Crippen LogP contribution >= 0.6 is 0 Å². The molecule has 0 spiro atoms. The summed E-state index contributed by atoms with van der Waals surface area (Å²) >= 11 is 0. The van der Waals surface area contributed by atoms with Crippen molar-refractivity contribution < 1.29 is 18.0 Å². The van der Waals surface area contributed by atoms with Gasteiger partial charge in [-0.05, 0) is 51.9 Å². The lowest BCUT2D eigenvalue weighted by Crippen LogP contribution is -2.52. The minimum atomic E-state index is -4.37. The van der Waals surface area contributed by atoms with E-state index in [9.17, 15) is 18.0 Å². The molecule has 1 fully saturated rings. The zero-order chi connectivity index (χ0) is 15.7. The molecule has 1 saturated heterocycles. The normalized spacial score (nSPS) is 17.8. The van der Waals surface area contributed by atoms with Crippen LogP contribution in [0.5, 0.6) is 0 Å². The second kappa shape index (κ2) is 5.79. The second-order valence-corrected chi connectivity index (χ2v) is 6.01. The van der Waals surface area contributed by atoms with Crippen molar-refractivity contribution in [3.05, 3.63) is 35.4 Å². The van der Waals surface area contributed by atoms with E-state index in [1.165, 1.54) is 18.6 Å². The first-order valence-corrected chi connectivity index (χ1v) is 7.20. The van der Waals surface area contributed by atoms with Crippen molar-refractivity contribution >= 4 is 5.78 Å². The predicted octanol–water partition coefficient (Wildman–Crippen LogP) is 4.15. The van der Waals surface area contributed by atoms with Crippen LogP contribution in [0.2, 0.25) is 0 Å². The molecular weight excluding hydrogens is 279 g/mol. The first-order chi connectivity index (χ1) is 9.73. The number of likely N-dealkylation sites (tertiary alicyclic amines) is 1. The third-order valence-electron chi connectivity index (χ3n) is 4.18. The third-order valence-corrected chi connectivity index (χ3v) is 4.18. The number of piperidine rings is 1. The third kappa shape index (κ3) is 3.46. The highest BCUT2D eigenvalue weighted by Gasteiger charge is 2.36. The number of carbonyl (C=O) groups excluding carboxylic acids is 1. The van der Waals surface area contributed by atoms with Crippen LogP contribution in [0.4, 0.5) is 13.2 Å². The Labute approximate surface area is 122 Å². The first-order valence-electron chi connectivity index (χ1n) is 7.20. The van der Waals surface area contributed by atoms with Crippen molar-refractivity contribution in [2.24, 2.45) is 0 Å². The van der Waals surface area contributed by atoms with Crippen LogP contribution in [0, 0.1) is 0 Å². The number of benzene rings is 1. The van der Waals surface area contributed by atoms with E-state index in [-0.39, 0.29) is 5.78 Å². The van der Waals surface area contributed by atoms with Gasteiger partial charge < -0.3 is 0 Å². The Morgan fingerprint density at radius 2 is 1.52 bits per heavy atom. The summed E-state index contributed by atoms with van der Waals surface area (Å²) in [5.41, 5.74) is -1.08. The maximum Gasteiger partial charge on any atom is 0.416 e. The van der Waals surface area contributed by atoms with Gasteiger partial charge in [0.25, 0.3) is 0 Å². The van der Waals surface area contributed by atoms with E-state index in [0.29, 0.717) is 5.56 Å². The number of carbonyl (C=O) groups is 1. The Bertz CT molecular complexity index is 499. The van der Waals surface area contributed by atoms with Crippen LogP contribution in [-0.4, -0.2) is 29.3 Å². The number of ketones is 1. The molecule has 0 aliphatic carbocycles. The van der Waals surface area contributed by atoms with E-state index in [1.807, 2.05) is 13.8 Å². The molecule has 1 aromatic rings. The molecule has 1 aromatic carbocycles. The summed E-state index contributed by atoms with van der Waals surface area (Å²) in [7, 11) is 0. The zero-order valence-corrected chi connectivity index (χ0v) is 12.3. The SMILES string of the molecule is CC(C)(C(=O)c1ccc(C(F)(F)F)cc1)N1CCCCC1. The molecule has 21 heavy (non-hydrogen) atoms. The number of hydrogen-bond acceptors (Lipinski definition) is 2. The molecule has 0 bridgehead atoms. The van der Waals surface area contributed by atoms with Crippen LogP contribution < -0.4 is 0 Å². The fourth-order valence-corrected chi connectivity index (χ4v) is 2.76. The lowest BCUT2D eigenvalue weighted by molar-refractivity contribution is -0.137. The Morgan fingerprint density at radius 3 is 2.00 bits per heavy atom. The highest BCUT2D eigenvalue weighted by atomic mass is 19.4. The summed E-state index contributed by atoms with van der Waals surface area (Å²) in [6, 6.07) is 4.49. The predicted molar refractivity (Wildman–Crippen MR) is 75.3 cm³/mol. The van der Waals surface area contributed by atoms with E-state index < -0.39 is 17.3 Å². The summed E-state index contributed by atoms with van der Waals surface area (Å²) in [5.74, 6) is -0.127. The van der Waals surface area contributed by atoms with Crippen LogP contribution in [0.3, 0.4) is 0 Å². The van der Waals surface area contributed by atoms with E-state index in [2.05, 4.69) is 4.90 Å². The van der Waals surface area contributed by atoms with Gasteiger partial charge in [0.15, 0.2) is 5.78 Å². The molecule has 0 unspecified atom stereocenters. The van der Waals surface area contributed by atoms with Gasteiger partial charge in [0.2, 0.25) is 0 Å². The molecule has 5 heteroatoms. The first kappa shape index (κ1) is 16.0. The summed E-state index contributed by atoms with van der Waals surface area (Å²) in [5, 5.41) is 0. The molecule has 0 radical (unpaired) electrons. The van der Waals surface area contributed by atoms with Gasteiger partial charge in [0.1, 0.15) is 0 Å². The quantitative estimate of drug-likeness (QED) is 0.781. The van der Waals surface area contributed by atoms with Crippen molar-refractivity contribution in [3.8, 4) is 0 Å². The van der Waals surface area contributed by atoms with E-state index in [0.717, 1.165) is 38.1 Å².